The Bertz CT molecular complexity index is 1380. The second-order valence-electron chi connectivity index (χ2n) is 7.44. The molecular weight excluding hydrogens is 382 g/mol. The molecule has 0 saturated carbocycles. The summed E-state index contributed by atoms with van der Waals surface area (Å²) in [5, 5.41) is 14.2. The van der Waals surface area contributed by atoms with Crippen molar-refractivity contribution in [3.8, 4) is 0 Å². The van der Waals surface area contributed by atoms with Crippen molar-refractivity contribution in [3.05, 3.63) is 103 Å². The second-order valence-corrected chi connectivity index (χ2v) is 7.44. The normalized spacial score (nSPS) is 11.4. The lowest BCUT2D eigenvalue weighted by molar-refractivity contribution is -0.119. The zero-order valence-corrected chi connectivity index (χ0v) is 16.9. The SMILES string of the molecule is O=C(CNc1ccc2ccccc2c1)N/N=C/c1c2ccccc2cc2ccccc12. The number of carbonyl (C=O) groups is 1. The van der Waals surface area contributed by atoms with Gasteiger partial charge >= 0.3 is 0 Å². The predicted molar refractivity (Wildman–Crippen MR) is 130 cm³/mol. The van der Waals surface area contributed by atoms with Gasteiger partial charge in [-0.05, 0) is 50.5 Å². The summed E-state index contributed by atoms with van der Waals surface area (Å²) >= 11 is 0. The van der Waals surface area contributed by atoms with E-state index in [0.29, 0.717) is 0 Å². The highest BCUT2D eigenvalue weighted by atomic mass is 16.2. The molecule has 0 heterocycles. The second kappa shape index (κ2) is 8.28. The van der Waals surface area contributed by atoms with E-state index in [1.165, 1.54) is 5.39 Å². The number of nitrogens with one attached hydrogen (secondary N) is 2. The zero-order valence-electron chi connectivity index (χ0n) is 16.9. The maximum atomic E-state index is 12.3. The van der Waals surface area contributed by atoms with E-state index in [9.17, 15) is 4.79 Å². The minimum atomic E-state index is -0.200. The minimum Gasteiger partial charge on any atom is -0.376 e. The van der Waals surface area contributed by atoms with E-state index >= 15 is 0 Å². The van der Waals surface area contributed by atoms with Crippen molar-refractivity contribution in [1.29, 1.82) is 0 Å². The van der Waals surface area contributed by atoms with E-state index in [4.69, 9.17) is 0 Å². The average molecular weight is 403 g/mol. The van der Waals surface area contributed by atoms with Gasteiger partial charge in [0.25, 0.3) is 5.91 Å². The van der Waals surface area contributed by atoms with Gasteiger partial charge in [0.05, 0.1) is 12.8 Å². The van der Waals surface area contributed by atoms with E-state index in [0.717, 1.165) is 38.2 Å². The van der Waals surface area contributed by atoms with Crippen molar-refractivity contribution >= 4 is 50.1 Å². The fraction of sp³-hybridized carbons (Fsp3) is 0.0370. The molecule has 0 saturated heterocycles. The summed E-state index contributed by atoms with van der Waals surface area (Å²) in [6, 6.07) is 32.8. The van der Waals surface area contributed by atoms with E-state index in [1.807, 2.05) is 54.6 Å². The van der Waals surface area contributed by atoms with Crippen LogP contribution in [0.4, 0.5) is 5.69 Å². The molecule has 0 bridgehead atoms. The van der Waals surface area contributed by atoms with Crippen LogP contribution < -0.4 is 10.7 Å². The molecule has 31 heavy (non-hydrogen) atoms. The Morgan fingerprint density at radius 2 is 1.32 bits per heavy atom. The van der Waals surface area contributed by atoms with Crippen molar-refractivity contribution < 1.29 is 4.79 Å². The number of hydrogen-bond acceptors (Lipinski definition) is 3. The van der Waals surface area contributed by atoms with Crippen LogP contribution in [-0.2, 0) is 4.79 Å². The lowest BCUT2D eigenvalue weighted by Crippen LogP contribution is -2.25. The third kappa shape index (κ3) is 3.96. The molecule has 2 N–H and O–H groups in total. The monoisotopic (exact) mass is 403 g/mol. The maximum absolute atomic E-state index is 12.3. The topological polar surface area (TPSA) is 53.5 Å². The van der Waals surface area contributed by atoms with Gasteiger partial charge in [-0.1, -0.05) is 78.9 Å². The Balaban J connectivity index is 1.31. The number of benzene rings is 5. The first-order valence-corrected chi connectivity index (χ1v) is 10.2. The lowest BCUT2D eigenvalue weighted by atomic mass is 9.97. The van der Waals surface area contributed by atoms with Gasteiger partial charge in [-0.15, -0.1) is 0 Å². The Kier molecular flexibility index (Phi) is 5.03. The van der Waals surface area contributed by atoms with Gasteiger partial charge in [0.1, 0.15) is 0 Å². The highest BCUT2D eigenvalue weighted by molar-refractivity contribution is 6.13. The first-order chi connectivity index (χ1) is 15.3. The first kappa shape index (κ1) is 18.8. The zero-order chi connectivity index (χ0) is 21.0. The molecule has 0 aromatic heterocycles. The quantitative estimate of drug-likeness (QED) is 0.224. The van der Waals surface area contributed by atoms with Gasteiger partial charge < -0.3 is 5.32 Å². The van der Waals surface area contributed by atoms with Crippen molar-refractivity contribution in [3.63, 3.8) is 0 Å². The Morgan fingerprint density at radius 3 is 2.03 bits per heavy atom. The number of rotatable bonds is 5. The van der Waals surface area contributed by atoms with Crippen molar-refractivity contribution in [2.24, 2.45) is 5.10 Å². The molecule has 0 unspecified atom stereocenters. The summed E-state index contributed by atoms with van der Waals surface area (Å²) in [7, 11) is 0. The molecule has 4 heteroatoms. The lowest BCUT2D eigenvalue weighted by Gasteiger charge is -2.08. The fourth-order valence-corrected chi connectivity index (χ4v) is 3.88. The summed E-state index contributed by atoms with van der Waals surface area (Å²) in [4.78, 5) is 12.3. The van der Waals surface area contributed by atoms with Crippen LogP contribution in [-0.4, -0.2) is 18.7 Å². The molecule has 0 aliphatic heterocycles. The fourth-order valence-electron chi connectivity index (χ4n) is 3.88. The van der Waals surface area contributed by atoms with Crippen LogP contribution in [0.5, 0.6) is 0 Å². The third-order valence-electron chi connectivity index (χ3n) is 5.40. The molecule has 5 aromatic carbocycles. The summed E-state index contributed by atoms with van der Waals surface area (Å²) in [5.74, 6) is -0.200. The van der Waals surface area contributed by atoms with E-state index in [2.05, 4.69) is 58.3 Å². The third-order valence-corrected chi connectivity index (χ3v) is 5.40. The summed E-state index contributed by atoms with van der Waals surface area (Å²) in [6.45, 7) is 0.145. The summed E-state index contributed by atoms with van der Waals surface area (Å²) < 4.78 is 0. The molecule has 5 aromatic rings. The Morgan fingerprint density at radius 1 is 0.710 bits per heavy atom. The first-order valence-electron chi connectivity index (χ1n) is 10.2. The van der Waals surface area contributed by atoms with Gasteiger partial charge in [0.15, 0.2) is 0 Å². The number of hydrazone groups is 1. The van der Waals surface area contributed by atoms with Crippen LogP contribution in [0.25, 0.3) is 32.3 Å². The summed E-state index contributed by atoms with van der Waals surface area (Å²) in [5.41, 5.74) is 4.53. The number of carbonyl (C=O) groups excluding carboxylic acids is 1. The Labute approximate surface area is 180 Å². The van der Waals surface area contributed by atoms with Crippen LogP contribution in [0.3, 0.4) is 0 Å². The summed E-state index contributed by atoms with van der Waals surface area (Å²) in [6.07, 6.45) is 1.73. The van der Waals surface area contributed by atoms with Gasteiger partial charge in [0, 0.05) is 11.3 Å². The largest absolute Gasteiger partial charge is 0.376 e. The standard InChI is InChI=1S/C27H21N3O/c31-27(18-28-23-14-13-19-7-1-2-8-20(19)16-23)30-29-17-26-24-11-5-3-9-21(24)15-22-10-4-6-12-25(22)26/h1-17,28H,18H2,(H,30,31)/b29-17+. The predicted octanol–water partition coefficient (Wildman–Crippen LogP) is 5.71. The van der Waals surface area contributed by atoms with Crippen LogP contribution in [0, 0.1) is 0 Å². The maximum Gasteiger partial charge on any atom is 0.259 e. The van der Waals surface area contributed by atoms with Gasteiger partial charge in [-0.2, -0.15) is 5.10 Å². The number of hydrogen-bond donors (Lipinski definition) is 2. The minimum absolute atomic E-state index is 0.145. The van der Waals surface area contributed by atoms with Crippen LogP contribution in [0.2, 0.25) is 0 Å². The number of anilines is 1. The molecule has 150 valence electrons. The molecule has 0 aliphatic rings. The van der Waals surface area contributed by atoms with Crippen LogP contribution in [0.1, 0.15) is 5.56 Å². The number of fused-ring (bicyclic) bond motifs is 3. The smallest absolute Gasteiger partial charge is 0.259 e. The molecule has 0 radical (unpaired) electrons. The highest BCUT2D eigenvalue weighted by Crippen LogP contribution is 2.27. The Hall–Kier alpha value is -4.18. The molecule has 4 nitrogen and oxygen atoms in total. The highest BCUT2D eigenvalue weighted by Gasteiger charge is 2.06. The molecule has 0 fully saturated rings. The van der Waals surface area contributed by atoms with Gasteiger partial charge in [0.2, 0.25) is 0 Å². The van der Waals surface area contributed by atoms with Crippen LogP contribution >= 0.6 is 0 Å². The molecule has 1 amide bonds. The van der Waals surface area contributed by atoms with Crippen molar-refractivity contribution in [2.75, 3.05) is 11.9 Å². The molecule has 0 spiro atoms. The number of amides is 1. The van der Waals surface area contributed by atoms with E-state index in [-0.39, 0.29) is 12.5 Å². The molecular formula is C27H21N3O. The van der Waals surface area contributed by atoms with E-state index < -0.39 is 0 Å². The van der Waals surface area contributed by atoms with E-state index in [1.54, 1.807) is 6.21 Å². The average Bonchev–Trinajstić information content (AvgIpc) is 2.82. The van der Waals surface area contributed by atoms with Crippen LogP contribution in [0.15, 0.2) is 102 Å². The molecule has 0 atom stereocenters. The van der Waals surface area contributed by atoms with Crippen molar-refractivity contribution in [2.45, 2.75) is 0 Å². The molecule has 0 aliphatic carbocycles. The number of nitrogens with zero attached hydrogens (tertiary/aromatic N) is 1. The van der Waals surface area contributed by atoms with Gasteiger partial charge in [-0.25, -0.2) is 5.43 Å². The van der Waals surface area contributed by atoms with Crippen molar-refractivity contribution in [1.82, 2.24) is 5.43 Å². The van der Waals surface area contributed by atoms with Gasteiger partial charge in [-0.3, -0.25) is 4.79 Å². The molecule has 5 rings (SSSR count).